The van der Waals surface area contributed by atoms with E-state index in [-0.39, 0.29) is 24.5 Å². The van der Waals surface area contributed by atoms with Crippen LogP contribution in [0.1, 0.15) is 38.2 Å². The number of rotatable bonds is 5. The second-order valence-corrected chi connectivity index (χ2v) is 8.92. The quantitative estimate of drug-likeness (QED) is 0.743. The molecule has 2 heterocycles. The third-order valence-corrected chi connectivity index (χ3v) is 6.53. The minimum absolute atomic E-state index is 0.172. The molecular weight excluding hydrogens is 396 g/mol. The van der Waals surface area contributed by atoms with E-state index in [1.807, 2.05) is 6.07 Å². The summed E-state index contributed by atoms with van der Waals surface area (Å²) < 4.78 is 11.3. The van der Waals surface area contributed by atoms with Gasteiger partial charge >= 0.3 is 6.03 Å². The maximum atomic E-state index is 12.3. The summed E-state index contributed by atoms with van der Waals surface area (Å²) >= 11 is 0. The number of ether oxygens (including phenoxy) is 2. The Balaban J connectivity index is 1.17. The van der Waals surface area contributed by atoms with Gasteiger partial charge in [0.2, 0.25) is 5.91 Å². The topological polar surface area (TPSA) is 83.1 Å². The molecule has 1 aromatic carbocycles. The monoisotopic (exact) mass is 430 g/mol. The predicted molar refractivity (Wildman–Crippen MR) is 117 cm³/mol. The van der Waals surface area contributed by atoms with E-state index in [9.17, 15) is 9.59 Å². The normalized spacial score (nSPS) is 24.4. The van der Waals surface area contributed by atoms with Crippen molar-refractivity contribution < 1.29 is 19.1 Å². The zero-order valence-corrected chi connectivity index (χ0v) is 18.4. The first-order valence-corrected chi connectivity index (χ1v) is 11.5. The molecule has 3 amide bonds. The first kappa shape index (κ1) is 21.9. The number of imide groups is 1. The average molecular weight is 431 g/mol. The molecule has 4 rings (SSSR count). The third-order valence-electron chi connectivity index (χ3n) is 6.53. The molecule has 0 spiro atoms. The van der Waals surface area contributed by atoms with Crippen LogP contribution in [0.3, 0.4) is 0 Å². The van der Waals surface area contributed by atoms with Gasteiger partial charge in [0, 0.05) is 38.8 Å². The molecule has 31 heavy (non-hydrogen) atoms. The van der Waals surface area contributed by atoms with Crippen LogP contribution in [0.2, 0.25) is 0 Å². The largest absolute Gasteiger partial charge is 0.486 e. The summed E-state index contributed by atoms with van der Waals surface area (Å²) in [6, 6.07) is 5.93. The predicted octanol–water partition coefficient (Wildman–Crippen LogP) is 1.98. The molecular formula is C23H34N4O4. The number of amides is 3. The highest BCUT2D eigenvalue weighted by atomic mass is 16.6. The fraction of sp³-hybridized carbons (Fsp3) is 0.652. The smallest absolute Gasteiger partial charge is 0.321 e. The fourth-order valence-electron chi connectivity index (χ4n) is 4.65. The van der Waals surface area contributed by atoms with Crippen LogP contribution in [0.4, 0.5) is 4.79 Å². The Morgan fingerprint density at radius 1 is 1.00 bits per heavy atom. The Labute approximate surface area is 184 Å². The minimum Gasteiger partial charge on any atom is -0.486 e. The van der Waals surface area contributed by atoms with Crippen LogP contribution in [0, 0.1) is 5.92 Å². The Bertz CT molecular complexity index is 779. The lowest BCUT2D eigenvalue weighted by atomic mass is 9.86. The average Bonchev–Trinajstić information content (AvgIpc) is 2.76. The van der Waals surface area contributed by atoms with E-state index in [1.54, 1.807) is 0 Å². The van der Waals surface area contributed by atoms with Crippen LogP contribution >= 0.6 is 0 Å². The van der Waals surface area contributed by atoms with E-state index in [0.717, 1.165) is 63.5 Å². The molecule has 8 nitrogen and oxygen atoms in total. The lowest BCUT2D eigenvalue weighted by Gasteiger charge is -2.34. The van der Waals surface area contributed by atoms with Crippen molar-refractivity contribution in [2.45, 2.75) is 45.2 Å². The van der Waals surface area contributed by atoms with Gasteiger partial charge in [0.25, 0.3) is 0 Å². The van der Waals surface area contributed by atoms with Gasteiger partial charge in [0.1, 0.15) is 13.2 Å². The molecule has 0 unspecified atom stereocenters. The number of benzene rings is 1. The number of piperazine rings is 1. The first-order chi connectivity index (χ1) is 15.1. The number of nitrogens with zero attached hydrogens (tertiary/aromatic N) is 2. The van der Waals surface area contributed by atoms with Crippen molar-refractivity contribution in [2.24, 2.45) is 5.92 Å². The highest BCUT2D eigenvalue weighted by Crippen LogP contribution is 2.31. The van der Waals surface area contributed by atoms with Gasteiger partial charge in [-0.05, 0) is 36.5 Å². The number of hydrogen-bond acceptors (Lipinski definition) is 6. The third kappa shape index (κ3) is 6.11. The van der Waals surface area contributed by atoms with Gasteiger partial charge in [0.05, 0.1) is 6.54 Å². The van der Waals surface area contributed by atoms with Crippen molar-refractivity contribution in [1.82, 2.24) is 20.4 Å². The lowest BCUT2D eigenvalue weighted by molar-refractivity contribution is -0.121. The number of carbonyl (C=O) groups is 2. The van der Waals surface area contributed by atoms with Crippen molar-refractivity contribution in [3.8, 4) is 11.5 Å². The van der Waals surface area contributed by atoms with Crippen LogP contribution in [0.5, 0.6) is 11.5 Å². The second kappa shape index (κ2) is 10.3. The molecule has 2 aliphatic heterocycles. The fourth-order valence-corrected chi connectivity index (χ4v) is 4.65. The van der Waals surface area contributed by atoms with E-state index in [1.165, 1.54) is 12.0 Å². The Kier molecular flexibility index (Phi) is 7.29. The molecule has 2 atom stereocenters. The minimum atomic E-state index is -0.360. The van der Waals surface area contributed by atoms with Crippen molar-refractivity contribution >= 4 is 11.9 Å². The summed E-state index contributed by atoms with van der Waals surface area (Å²) in [6.45, 7) is 7.83. The van der Waals surface area contributed by atoms with Crippen LogP contribution in [0.25, 0.3) is 0 Å². The SMILES string of the molecule is C[C@@H]1CCCC[C@H]1NC(=O)NC(=O)CN1CCN(Cc2ccc3c(c2)OCCO3)CC1. The zero-order chi connectivity index (χ0) is 21.6. The second-order valence-electron chi connectivity index (χ2n) is 8.92. The number of urea groups is 1. The molecule has 1 saturated carbocycles. The maximum Gasteiger partial charge on any atom is 0.321 e. The molecule has 1 aliphatic carbocycles. The number of fused-ring (bicyclic) bond motifs is 1. The molecule has 2 N–H and O–H groups in total. The Morgan fingerprint density at radius 3 is 2.48 bits per heavy atom. The number of nitrogens with one attached hydrogen (secondary N) is 2. The summed E-state index contributed by atoms with van der Waals surface area (Å²) in [7, 11) is 0. The van der Waals surface area contributed by atoms with E-state index in [0.29, 0.717) is 19.1 Å². The van der Waals surface area contributed by atoms with Gasteiger partial charge in [-0.1, -0.05) is 25.8 Å². The van der Waals surface area contributed by atoms with Gasteiger partial charge in [-0.25, -0.2) is 4.79 Å². The number of carbonyl (C=O) groups excluding carboxylic acids is 2. The highest BCUT2D eigenvalue weighted by molar-refractivity contribution is 5.95. The molecule has 3 aliphatic rings. The van der Waals surface area contributed by atoms with Crippen molar-refractivity contribution in [3.05, 3.63) is 23.8 Å². The van der Waals surface area contributed by atoms with Crippen molar-refractivity contribution in [3.63, 3.8) is 0 Å². The summed E-state index contributed by atoms with van der Waals surface area (Å²) in [6.07, 6.45) is 4.49. The Hall–Kier alpha value is -2.32. The molecule has 1 saturated heterocycles. The first-order valence-electron chi connectivity index (χ1n) is 11.5. The molecule has 8 heteroatoms. The number of hydrogen-bond donors (Lipinski definition) is 2. The van der Waals surface area contributed by atoms with Gasteiger partial charge in [-0.15, -0.1) is 0 Å². The summed E-state index contributed by atoms with van der Waals surface area (Å²) in [5.41, 5.74) is 1.20. The maximum absolute atomic E-state index is 12.3. The van der Waals surface area contributed by atoms with Gasteiger partial charge < -0.3 is 14.8 Å². The van der Waals surface area contributed by atoms with E-state index in [4.69, 9.17) is 9.47 Å². The molecule has 170 valence electrons. The van der Waals surface area contributed by atoms with E-state index in [2.05, 4.69) is 39.5 Å². The van der Waals surface area contributed by atoms with Crippen molar-refractivity contribution in [1.29, 1.82) is 0 Å². The van der Waals surface area contributed by atoms with Crippen LogP contribution in [-0.2, 0) is 11.3 Å². The van der Waals surface area contributed by atoms with Crippen LogP contribution in [-0.4, -0.2) is 73.7 Å². The van der Waals surface area contributed by atoms with Crippen molar-refractivity contribution in [2.75, 3.05) is 45.9 Å². The summed E-state index contributed by atoms with van der Waals surface area (Å²) in [4.78, 5) is 29.0. The van der Waals surface area contributed by atoms with Gasteiger partial charge in [-0.3, -0.25) is 19.9 Å². The molecule has 0 aromatic heterocycles. The summed E-state index contributed by atoms with van der Waals surface area (Å²) in [5.74, 6) is 1.87. The Morgan fingerprint density at radius 2 is 1.71 bits per heavy atom. The molecule has 0 bridgehead atoms. The molecule has 0 radical (unpaired) electrons. The molecule has 2 fully saturated rings. The standard InChI is InChI=1S/C23H34N4O4/c1-17-4-2-3-5-19(17)24-23(29)25-22(28)16-27-10-8-26(9-11-27)15-18-6-7-20-21(14-18)31-13-12-30-20/h6-7,14,17,19H,2-5,8-13,15-16H2,1H3,(H2,24,25,28,29)/t17-,19-/m1/s1. The zero-order valence-electron chi connectivity index (χ0n) is 18.4. The molecule has 1 aromatic rings. The highest BCUT2D eigenvalue weighted by Gasteiger charge is 2.24. The lowest BCUT2D eigenvalue weighted by Crippen LogP contribution is -2.52. The van der Waals surface area contributed by atoms with Crippen LogP contribution in [0.15, 0.2) is 18.2 Å². The van der Waals surface area contributed by atoms with E-state index < -0.39 is 0 Å². The van der Waals surface area contributed by atoms with Crippen LogP contribution < -0.4 is 20.1 Å². The summed E-state index contributed by atoms with van der Waals surface area (Å²) in [5, 5.41) is 5.48. The van der Waals surface area contributed by atoms with Gasteiger partial charge in [-0.2, -0.15) is 0 Å². The van der Waals surface area contributed by atoms with E-state index >= 15 is 0 Å². The van der Waals surface area contributed by atoms with Gasteiger partial charge in [0.15, 0.2) is 11.5 Å².